The van der Waals surface area contributed by atoms with Crippen molar-refractivity contribution in [3.63, 3.8) is 0 Å². The van der Waals surface area contributed by atoms with Crippen molar-refractivity contribution >= 4 is 11.8 Å². The maximum Gasteiger partial charge on any atom is 0.269 e. The van der Waals surface area contributed by atoms with Crippen molar-refractivity contribution in [1.82, 2.24) is 5.32 Å². The number of nitro benzene ring substituents is 1. The second kappa shape index (κ2) is 6.91. The number of rotatable bonds is 6. The molecular formula is C14H20N2O2. The predicted octanol–water partition coefficient (Wildman–Crippen LogP) is 3.39. The lowest BCUT2D eigenvalue weighted by molar-refractivity contribution is -0.384. The van der Waals surface area contributed by atoms with Crippen LogP contribution in [0.4, 0.5) is 5.69 Å². The van der Waals surface area contributed by atoms with Gasteiger partial charge in [0, 0.05) is 18.2 Å². The molecule has 0 fully saturated rings. The zero-order chi connectivity index (χ0) is 13.5. The normalized spacial score (nSPS) is 13.4. The number of hydrogen-bond acceptors (Lipinski definition) is 3. The maximum absolute atomic E-state index is 10.5. The first-order valence-electron chi connectivity index (χ1n) is 6.20. The fraction of sp³-hybridized carbons (Fsp3) is 0.429. The molecule has 0 amide bonds. The molecule has 1 unspecified atom stereocenters. The summed E-state index contributed by atoms with van der Waals surface area (Å²) in [4.78, 5) is 10.2. The number of nitrogens with one attached hydrogen (secondary N) is 1. The molecule has 1 rings (SSSR count). The Morgan fingerprint density at radius 2 is 2.06 bits per heavy atom. The van der Waals surface area contributed by atoms with Crippen LogP contribution in [0, 0.1) is 10.1 Å². The Morgan fingerprint density at radius 3 is 2.56 bits per heavy atom. The standard InChI is InChI=1S/C14H20N2O2/c1-4-9-15-12(3)11(2)10-13-5-7-14(8-6-13)16(17)18/h5-8,10,12,15H,4,9H2,1-3H3/b11-10+. The molecule has 0 aliphatic rings. The lowest BCUT2D eigenvalue weighted by Gasteiger charge is -2.13. The molecule has 0 bridgehead atoms. The summed E-state index contributed by atoms with van der Waals surface area (Å²) in [5.74, 6) is 0. The van der Waals surface area contributed by atoms with E-state index >= 15 is 0 Å². The highest BCUT2D eigenvalue weighted by Gasteiger charge is 2.05. The molecule has 98 valence electrons. The molecule has 1 aromatic rings. The highest BCUT2D eigenvalue weighted by molar-refractivity contribution is 5.55. The van der Waals surface area contributed by atoms with E-state index in [0.29, 0.717) is 6.04 Å². The monoisotopic (exact) mass is 248 g/mol. The fourth-order valence-electron chi connectivity index (χ4n) is 1.60. The van der Waals surface area contributed by atoms with Gasteiger partial charge in [-0.2, -0.15) is 0 Å². The molecule has 18 heavy (non-hydrogen) atoms. The number of nitro groups is 1. The van der Waals surface area contributed by atoms with E-state index in [0.717, 1.165) is 18.5 Å². The summed E-state index contributed by atoms with van der Waals surface area (Å²) >= 11 is 0. The third-order valence-corrected chi connectivity index (χ3v) is 2.88. The Kier molecular flexibility index (Phi) is 5.52. The first-order valence-corrected chi connectivity index (χ1v) is 6.20. The van der Waals surface area contributed by atoms with E-state index in [1.54, 1.807) is 12.1 Å². The first kappa shape index (κ1) is 14.4. The second-order valence-electron chi connectivity index (χ2n) is 4.41. The minimum Gasteiger partial charge on any atom is -0.311 e. The van der Waals surface area contributed by atoms with Gasteiger partial charge in [-0.25, -0.2) is 0 Å². The van der Waals surface area contributed by atoms with E-state index in [2.05, 4.69) is 32.2 Å². The Labute approximate surface area is 108 Å². The molecule has 4 nitrogen and oxygen atoms in total. The molecule has 0 heterocycles. The van der Waals surface area contributed by atoms with Gasteiger partial charge in [0.05, 0.1) is 4.92 Å². The van der Waals surface area contributed by atoms with E-state index in [1.165, 1.54) is 17.7 Å². The van der Waals surface area contributed by atoms with Crippen LogP contribution in [-0.2, 0) is 0 Å². The summed E-state index contributed by atoms with van der Waals surface area (Å²) < 4.78 is 0. The van der Waals surface area contributed by atoms with E-state index in [1.807, 2.05) is 0 Å². The molecule has 1 aromatic carbocycles. The van der Waals surface area contributed by atoms with Crippen LogP contribution in [0.15, 0.2) is 29.8 Å². The molecule has 0 saturated carbocycles. The van der Waals surface area contributed by atoms with Gasteiger partial charge < -0.3 is 5.32 Å². The van der Waals surface area contributed by atoms with Crippen LogP contribution >= 0.6 is 0 Å². The highest BCUT2D eigenvalue weighted by Crippen LogP contribution is 2.15. The van der Waals surface area contributed by atoms with Crippen molar-refractivity contribution < 1.29 is 4.92 Å². The third kappa shape index (κ3) is 4.30. The summed E-state index contributed by atoms with van der Waals surface area (Å²) in [6.45, 7) is 7.31. The van der Waals surface area contributed by atoms with Crippen LogP contribution in [0.3, 0.4) is 0 Å². The average molecular weight is 248 g/mol. The second-order valence-corrected chi connectivity index (χ2v) is 4.41. The Bertz CT molecular complexity index is 424. The first-order chi connectivity index (χ1) is 8.54. The smallest absolute Gasteiger partial charge is 0.269 e. The van der Waals surface area contributed by atoms with Gasteiger partial charge in [0.25, 0.3) is 5.69 Å². The van der Waals surface area contributed by atoms with Gasteiger partial charge in [-0.15, -0.1) is 0 Å². The quantitative estimate of drug-likeness (QED) is 0.620. The van der Waals surface area contributed by atoms with E-state index in [-0.39, 0.29) is 10.6 Å². The molecular weight excluding hydrogens is 228 g/mol. The minimum absolute atomic E-state index is 0.127. The minimum atomic E-state index is -0.383. The molecule has 0 aliphatic carbocycles. The third-order valence-electron chi connectivity index (χ3n) is 2.88. The topological polar surface area (TPSA) is 55.2 Å². The fourth-order valence-corrected chi connectivity index (χ4v) is 1.60. The Balaban J connectivity index is 2.72. The lowest BCUT2D eigenvalue weighted by atomic mass is 10.1. The van der Waals surface area contributed by atoms with Crippen molar-refractivity contribution in [2.24, 2.45) is 0 Å². The van der Waals surface area contributed by atoms with Gasteiger partial charge in [-0.1, -0.05) is 18.6 Å². The molecule has 0 spiro atoms. The predicted molar refractivity (Wildman–Crippen MR) is 74.5 cm³/mol. The van der Waals surface area contributed by atoms with Crippen molar-refractivity contribution in [2.45, 2.75) is 33.2 Å². The van der Waals surface area contributed by atoms with Crippen LogP contribution in [0.1, 0.15) is 32.8 Å². The van der Waals surface area contributed by atoms with Crippen molar-refractivity contribution in [3.8, 4) is 0 Å². The van der Waals surface area contributed by atoms with Gasteiger partial charge in [0.1, 0.15) is 0 Å². The molecule has 1 atom stereocenters. The zero-order valence-corrected chi connectivity index (χ0v) is 11.1. The van der Waals surface area contributed by atoms with Gasteiger partial charge in [0.15, 0.2) is 0 Å². The van der Waals surface area contributed by atoms with E-state index in [4.69, 9.17) is 0 Å². The van der Waals surface area contributed by atoms with Gasteiger partial charge >= 0.3 is 0 Å². The molecule has 0 aromatic heterocycles. The Morgan fingerprint density at radius 1 is 1.44 bits per heavy atom. The summed E-state index contributed by atoms with van der Waals surface area (Å²) in [7, 11) is 0. The van der Waals surface area contributed by atoms with Crippen LogP contribution in [0.25, 0.3) is 6.08 Å². The van der Waals surface area contributed by atoms with E-state index < -0.39 is 0 Å². The summed E-state index contributed by atoms with van der Waals surface area (Å²) in [5, 5.41) is 13.9. The van der Waals surface area contributed by atoms with Crippen molar-refractivity contribution in [3.05, 3.63) is 45.5 Å². The Hall–Kier alpha value is -1.68. The summed E-state index contributed by atoms with van der Waals surface area (Å²) in [6, 6.07) is 6.93. The average Bonchev–Trinajstić information content (AvgIpc) is 2.36. The number of nitrogens with zero attached hydrogens (tertiary/aromatic N) is 1. The lowest BCUT2D eigenvalue weighted by Crippen LogP contribution is -2.27. The van der Waals surface area contributed by atoms with Crippen LogP contribution < -0.4 is 5.32 Å². The molecule has 4 heteroatoms. The van der Waals surface area contributed by atoms with Crippen LogP contribution in [0.2, 0.25) is 0 Å². The van der Waals surface area contributed by atoms with Gasteiger partial charge in [-0.05, 0) is 44.5 Å². The number of non-ortho nitro benzene ring substituents is 1. The number of benzene rings is 1. The van der Waals surface area contributed by atoms with Crippen molar-refractivity contribution in [1.29, 1.82) is 0 Å². The molecule has 0 aliphatic heterocycles. The number of hydrogen-bond donors (Lipinski definition) is 1. The summed E-state index contributed by atoms with van der Waals surface area (Å²) in [6.07, 6.45) is 3.16. The van der Waals surface area contributed by atoms with Crippen molar-refractivity contribution in [2.75, 3.05) is 6.54 Å². The van der Waals surface area contributed by atoms with Crippen LogP contribution in [0.5, 0.6) is 0 Å². The summed E-state index contributed by atoms with van der Waals surface area (Å²) in [5.41, 5.74) is 2.34. The molecule has 1 N–H and O–H groups in total. The largest absolute Gasteiger partial charge is 0.311 e. The van der Waals surface area contributed by atoms with E-state index in [9.17, 15) is 10.1 Å². The highest BCUT2D eigenvalue weighted by atomic mass is 16.6. The van der Waals surface area contributed by atoms with Gasteiger partial charge in [0.2, 0.25) is 0 Å². The molecule has 0 radical (unpaired) electrons. The van der Waals surface area contributed by atoms with Gasteiger partial charge in [-0.3, -0.25) is 10.1 Å². The SMILES string of the molecule is CCCNC(C)/C(C)=C/c1ccc([N+](=O)[O-])cc1. The zero-order valence-electron chi connectivity index (χ0n) is 11.1. The maximum atomic E-state index is 10.5. The molecule has 0 saturated heterocycles. The van der Waals surface area contributed by atoms with Crippen LogP contribution in [-0.4, -0.2) is 17.5 Å².